The van der Waals surface area contributed by atoms with Crippen LogP contribution in [0, 0.1) is 0 Å². The molecule has 5 N–H and O–H groups in total. The average molecular weight is 566 g/mol. The molecule has 13 nitrogen and oxygen atoms in total. The molecule has 1 aromatic rings. The summed E-state index contributed by atoms with van der Waals surface area (Å²) in [5, 5.41) is 4.45. The van der Waals surface area contributed by atoms with Gasteiger partial charge < -0.3 is 44.7 Å². The molecule has 1 atom stereocenters. The summed E-state index contributed by atoms with van der Waals surface area (Å²) in [6.45, 7) is 5.84. The van der Waals surface area contributed by atoms with Crippen molar-refractivity contribution >= 4 is 30.5 Å². The Kier molecular flexibility index (Phi) is 18.6. The van der Waals surface area contributed by atoms with Crippen LogP contribution in [0.15, 0.2) is 30.1 Å². The first-order valence-electron chi connectivity index (χ1n) is 13.1. The van der Waals surface area contributed by atoms with Gasteiger partial charge in [-0.25, -0.2) is 5.84 Å². The van der Waals surface area contributed by atoms with Gasteiger partial charge in [-0.1, -0.05) is 12.1 Å². The molecule has 1 aromatic carbocycles. The molecule has 0 saturated heterocycles. The molecule has 1 rings (SSSR count). The van der Waals surface area contributed by atoms with Gasteiger partial charge in [0.05, 0.1) is 70.7 Å². The Morgan fingerprint density at radius 1 is 0.975 bits per heavy atom. The quantitative estimate of drug-likeness (QED) is 0.0524. The van der Waals surface area contributed by atoms with Gasteiger partial charge >= 0.3 is 0 Å². The normalized spacial score (nSPS) is 12.0. The van der Waals surface area contributed by atoms with Crippen LogP contribution < -0.4 is 16.9 Å². The molecule has 0 aromatic heterocycles. The van der Waals surface area contributed by atoms with E-state index in [0.29, 0.717) is 108 Å². The molecular formula is C27H43N5O8. The fourth-order valence-electron chi connectivity index (χ4n) is 3.41. The Morgan fingerprint density at radius 2 is 1.57 bits per heavy atom. The van der Waals surface area contributed by atoms with Crippen LogP contribution in [-0.2, 0) is 28.5 Å². The number of carbonyl (C=O) groups is 4. The first-order chi connectivity index (χ1) is 19.3. The number of nitrogens with one attached hydrogen (secondary N) is 1. The molecule has 13 heteroatoms. The van der Waals surface area contributed by atoms with Gasteiger partial charge in [-0.15, -0.1) is 0 Å². The summed E-state index contributed by atoms with van der Waals surface area (Å²) >= 11 is 0. The van der Waals surface area contributed by atoms with Crippen LogP contribution in [0.5, 0.6) is 0 Å². The van der Waals surface area contributed by atoms with E-state index in [9.17, 15) is 19.2 Å². The van der Waals surface area contributed by atoms with Crippen LogP contribution >= 0.6 is 0 Å². The summed E-state index contributed by atoms with van der Waals surface area (Å²) in [4.78, 5) is 47.4. The van der Waals surface area contributed by atoms with Gasteiger partial charge in [0.1, 0.15) is 6.29 Å². The molecule has 0 saturated carbocycles. The topological polar surface area (TPSA) is 176 Å². The molecular weight excluding hydrogens is 522 g/mol. The second kappa shape index (κ2) is 21.5. The third-order valence-electron chi connectivity index (χ3n) is 5.74. The highest BCUT2D eigenvalue weighted by Crippen LogP contribution is 2.22. The Bertz CT molecular complexity index is 930. The predicted molar refractivity (Wildman–Crippen MR) is 150 cm³/mol. The molecule has 0 aliphatic carbocycles. The van der Waals surface area contributed by atoms with Crippen molar-refractivity contribution < 1.29 is 38.1 Å². The van der Waals surface area contributed by atoms with Crippen molar-refractivity contribution in [3.05, 3.63) is 41.2 Å². The number of aldehydes is 3. The first-order valence-corrected chi connectivity index (χ1v) is 13.1. The van der Waals surface area contributed by atoms with Gasteiger partial charge in [-0.05, 0) is 19.4 Å². The van der Waals surface area contributed by atoms with Crippen molar-refractivity contribution in [2.45, 2.75) is 25.8 Å². The molecule has 1 amide bonds. The van der Waals surface area contributed by atoms with Crippen LogP contribution in [0.25, 0.3) is 0 Å². The summed E-state index contributed by atoms with van der Waals surface area (Å²) in [5.41, 5.74) is 6.53. The average Bonchev–Trinajstić information content (AvgIpc) is 2.96. The maximum Gasteiger partial charge on any atom is 0.256 e. The highest BCUT2D eigenvalue weighted by Gasteiger charge is 2.23. The van der Waals surface area contributed by atoms with Crippen LogP contribution in [-0.4, -0.2) is 114 Å². The van der Waals surface area contributed by atoms with Crippen molar-refractivity contribution in [1.29, 1.82) is 0 Å². The highest BCUT2D eigenvalue weighted by molar-refractivity contribution is 6.06. The van der Waals surface area contributed by atoms with Gasteiger partial charge in [0, 0.05) is 43.5 Å². The van der Waals surface area contributed by atoms with E-state index in [1.165, 1.54) is 11.2 Å². The second-order valence-corrected chi connectivity index (χ2v) is 8.76. The highest BCUT2D eigenvalue weighted by atomic mass is 16.6. The van der Waals surface area contributed by atoms with E-state index in [1.54, 1.807) is 30.1 Å². The minimum absolute atomic E-state index is 0.0408. The van der Waals surface area contributed by atoms with Crippen LogP contribution in [0.4, 0.5) is 5.69 Å². The number of rotatable bonds is 24. The minimum Gasteiger partial charge on any atom is -0.395 e. The van der Waals surface area contributed by atoms with Crippen molar-refractivity contribution in [3.63, 3.8) is 0 Å². The zero-order valence-corrected chi connectivity index (χ0v) is 23.4. The molecule has 1 unspecified atom stereocenters. The Balaban J connectivity index is 2.20. The lowest BCUT2D eigenvalue weighted by molar-refractivity contribution is -0.108. The number of benzene rings is 1. The lowest BCUT2D eigenvalue weighted by atomic mass is 10.0. The monoisotopic (exact) mass is 565 g/mol. The number of carbonyl (C=O) groups excluding carboxylic acids is 4. The smallest absolute Gasteiger partial charge is 0.256 e. The number of ether oxygens (including phenoxy) is 4. The molecule has 0 heterocycles. The van der Waals surface area contributed by atoms with Gasteiger partial charge in [-0.3, -0.25) is 14.4 Å². The number of nitrogens with two attached hydrogens (primary N) is 2. The number of hydrazine groups is 1. The molecule has 0 spiro atoms. The van der Waals surface area contributed by atoms with E-state index in [4.69, 9.17) is 30.5 Å². The Hall–Kier alpha value is -3.36. The van der Waals surface area contributed by atoms with Gasteiger partial charge in [-0.2, -0.15) is 0 Å². The number of hydrogen-bond donors (Lipinski definition) is 3. The van der Waals surface area contributed by atoms with E-state index in [2.05, 4.69) is 5.32 Å². The van der Waals surface area contributed by atoms with Crippen molar-refractivity contribution in [1.82, 2.24) is 9.91 Å². The lowest BCUT2D eigenvalue weighted by Gasteiger charge is -2.26. The Labute approximate surface area is 235 Å². The summed E-state index contributed by atoms with van der Waals surface area (Å²) in [7, 11) is 1.66. The number of anilines is 1. The van der Waals surface area contributed by atoms with Gasteiger partial charge in [0.2, 0.25) is 0 Å². The zero-order chi connectivity index (χ0) is 29.6. The first kappa shape index (κ1) is 34.7. The molecule has 40 heavy (non-hydrogen) atoms. The molecule has 0 bridgehead atoms. The summed E-state index contributed by atoms with van der Waals surface area (Å²) in [5.74, 6) is 5.34. The number of amides is 1. The maximum absolute atomic E-state index is 13.1. The lowest BCUT2D eigenvalue weighted by Crippen LogP contribution is -2.36. The van der Waals surface area contributed by atoms with Gasteiger partial charge in [0.15, 0.2) is 12.6 Å². The molecule has 0 aliphatic rings. The molecule has 0 radical (unpaired) electrons. The van der Waals surface area contributed by atoms with E-state index in [-0.39, 0.29) is 17.6 Å². The summed E-state index contributed by atoms with van der Waals surface area (Å²) < 4.78 is 21.8. The fraction of sp³-hybridized carbons (Fsp3) is 0.556. The van der Waals surface area contributed by atoms with Crippen molar-refractivity contribution in [2.75, 3.05) is 78.3 Å². The number of nitrogens with zero attached hydrogens (tertiary/aromatic N) is 2. The standard InChI is InChI=1S/C27H43N5O8/c1-22(5-4-10-33)31(2)27(36)26-23(20-34)6-3-7-25(26)30-8-11-37-13-15-39-17-18-40-16-14-38-12-9-32(29)19-24(28)21-35/h3,6-7,10,19-22,30H,4-5,8-9,11-18,28-29H2,1-2H3/b24-19-. The number of allylic oxidation sites excluding steroid dienone is 1. The van der Waals surface area contributed by atoms with Crippen molar-refractivity contribution in [2.24, 2.45) is 11.6 Å². The van der Waals surface area contributed by atoms with Crippen LogP contribution in [0.1, 0.15) is 40.5 Å². The van der Waals surface area contributed by atoms with Crippen LogP contribution in [0.3, 0.4) is 0 Å². The summed E-state index contributed by atoms with van der Waals surface area (Å²) in [6.07, 6.45) is 4.24. The zero-order valence-electron chi connectivity index (χ0n) is 23.4. The van der Waals surface area contributed by atoms with Gasteiger partial charge in [0.25, 0.3) is 5.91 Å². The van der Waals surface area contributed by atoms with E-state index >= 15 is 0 Å². The largest absolute Gasteiger partial charge is 0.395 e. The van der Waals surface area contributed by atoms with E-state index < -0.39 is 0 Å². The molecule has 0 fully saturated rings. The Morgan fingerprint density at radius 3 is 2.15 bits per heavy atom. The van der Waals surface area contributed by atoms with E-state index in [1.807, 2.05) is 6.92 Å². The third kappa shape index (κ3) is 14.1. The fourth-order valence-corrected chi connectivity index (χ4v) is 3.41. The van der Waals surface area contributed by atoms with E-state index in [0.717, 1.165) is 6.29 Å². The minimum atomic E-state index is -0.289. The molecule has 0 aliphatic heterocycles. The predicted octanol–water partition coefficient (Wildman–Crippen LogP) is 0.592. The molecule has 224 valence electrons. The van der Waals surface area contributed by atoms with Crippen LogP contribution in [0.2, 0.25) is 0 Å². The third-order valence-corrected chi connectivity index (χ3v) is 5.74. The maximum atomic E-state index is 13.1. The SMILES string of the molecule is CC(CCC=O)N(C)C(=O)c1c(C=O)cccc1NCCOCCOCCOCCOCCN(N)/C=C(\N)C=O. The summed E-state index contributed by atoms with van der Waals surface area (Å²) in [6, 6.07) is 4.90. The van der Waals surface area contributed by atoms with Crippen molar-refractivity contribution in [3.8, 4) is 0 Å². The second-order valence-electron chi connectivity index (χ2n) is 8.76. The number of hydrogen-bond acceptors (Lipinski definition) is 12.